The zero-order valence-corrected chi connectivity index (χ0v) is 15.5. The molecule has 0 fully saturated rings. The number of sulfonamides is 1. The number of aromatic hydroxyl groups is 1. The molecule has 4 rings (SSSR count). The highest BCUT2D eigenvalue weighted by atomic mass is 32.2. The van der Waals surface area contributed by atoms with E-state index in [-0.39, 0.29) is 11.6 Å². The van der Waals surface area contributed by atoms with E-state index in [1.165, 1.54) is 18.4 Å². The molecule has 0 spiro atoms. The van der Waals surface area contributed by atoms with Crippen molar-refractivity contribution >= 4 is 32.7 Å². The molecule has 3 aromatic rings. The molecule has 1 aliphatic rings. The van der Waals surface area contributed by atoms with E-state index in [0.717, 1.165) is 16.1 Å². The van der Waals surface area contributed by atoms with Crippen LogP contribution in [0.25, 0.3) is 17.0 Å². The van der Waals surface area contributed by atoms with Gasteiger partial charge in [0.15, 0.2) is 5.88 Å². The Bertz CT molecular complexity index is 1310. The lowest BCUT2D eigenvalue weighted by atomic mass is 10.1. The molecule has 27 heavy (non-hydrogen) atoms. The second kappa shape index (κ2) is 6.29. The van der Waals surface area contributed by atoms with E-state index in [0.29, 0.717) is 22.2 Å². The molecule has 2 aromatic carbocycles. The van der Waals surface area contributed by atoms with Gasteiger partial charge in [-0.2, -0.15) is 0 Å². The summed E-state index contributed by atoms with van der Waals surface area (Å²) in [7, 11) is -0.361. The summed E-state index contributed by atoms with van der Waals surface area (Å²) in [6.45, 7) is 0. The van der Waals surface area contributed by atoms with E-state index < -0.39 is 10.0 Å². The second-order valence-electron chi connectivity index (χ2n) is 6.49. The molecular weight excluding hydrogens is 366 g/mol. The van der Waals surface area contributed by atoms with E-state index in [1.807, 2.05) is 24.3 Å². The van der Waals surface area contributed by atoms with Crippen molar-refractivity contribution < 1.29 is 13.5 Å². The fourth-order valence-electron chi connectivity index (χ4n) is 2.90. The quantitative estimate of drug-likeness (QED) is 0.716. The smallest absolute Gasteiger partial charge is 0.217 e. The van der Waals surface area contributed by atoms with Crippen molar-refractivity contribution in [3.63, 3.8) is 0 Å². The molecule has 2 heterocycles. The first-order chi connectivity index (χ1) is 12.8. The number of benzene rings is 2. The minimum absolute atomic E-state index is 0.0180. The summed E-state index contributed by atoms with van der Waals surface area (Å²) >= 11 is 0. The van der Waals surface area contributed by atoms with E-state index in [4.69, 9.17) is 0 Å². The van der Waals surface area contributed by atoms with Crippen LogP contribution in [0.15, 0.2) is 51.8 Å². The summed E-state index contributed by atoms with van der Waals surface area (Å²) in [4.78, 5) is 2.92. The minimum Gasteiger partial charge on any atom is -0.494 e. The number of nitrogens with one attached hydrogen (secondary N) is 1. The highest BCUT2D eigenvalue weighted by molar-refractivity contribution is 7.88. The Kier molecular flexibility index (Phi) is 4.05. The van der Waals surface area contributed by atoms with Crippen LogP contribution in [0.1, 0.15) is 11.1 Å². The molecule has 0 bridgehead atoms. The fraction of sp³-hybridized carbons (Fsp3) is 0.167. The Balaban J connectivity index is 1.82. The fourth-order valence-corrected chi connectivity index (χ4v) is 3.76. The van der Waals surface area contributed by atoms with Crippen LogP contribution in [0, 0.1) is 0 Å². The molecule has 0 saturated heterocycles. The van der Waals surface area contributed by atoms with Gasteiger partial charge < -0.3 is 10.1 Å². The van der Waals surface area contributed by atoms with Crippen molar-refractivity contribution in [3.05, 3.63) is 58.1 Å². The number of aromatic amines is 1. The number of hydrogen-bond acceptors (Lipinski definition) is 6. The average molecular weight is 383 g/mol. The number of aromatic nitrogens is 1. The molecule has 138 valence electrons. The zero-order chi connectivity index (χ0) is 19.2. The molecule has 1 aliphatic heterocycles. The number of hydrogen-bond donors (Lipinski definition) is 2. The highest BCUT2D eigenvalue weighted by Gasteiger charge is 2.16. The number of nitrogens with zero attached hydrogens (tertiary/aromatic N) is 4. The molecule has 0 radical (unpaired) electrons. The molecular formula is C18H17N5O3S. The van der Waals surface area contributed by atoms with Crippen LogP contribution >= 0.6 is 0 Å². The predicted molar refractivity (Wildman–Crippen MR) is 102 cm³/mol. The van der Waals surface area contributed by atoms with Gasteiger partial charge in [-0.15, -0.1) is 10.2 Å². The van der Waals surface area contributed by atoms with E-state index in [9.17, 15) is 13.5 Å². The van der Waals surface area contributed by atoms with Crippen LogP contribution in [-0.4, -0.2) is 36.9 Å². The third kappa shape index (κ3) is 3.22. The van der Waals surface area contributed by atoms with Crippen LogP contribution in [0.4, 0.5) is 5.69 Å². The Labute approximate surface area is 155 Å². The normalized spacial score (nSPS) is 14.1. The van der Waals surface area contributed by atoms with Gasteiger partial charge in [-0.05, 0) is 46.3 Å². The van der Waals surface area contributed by atoms with Crippen molar-refractivity contribution in [2.75, 3.05) is 14.1 Å². The van der Waals surface area contributed by atoms with Crippen molar-refractivity contribution in [3.8, 4) is 5.88 Å². The highest BCUT2D eigenvalue weighted by Crippen LogP contribution is 2.29. The standard InChI is InChI=1S/C18H17N5O3S/c1-23(2)27(25,26)10-12-4-5-15-13(8-12)14(18(24)19-15)7-11-3-6-16-17(9-11)21-22-20-16/h3-9,19,24H,10H2,1-2H3/b11-7-. The van der Waals surface area contributed by atoms with Crippen LogP contribution in [0.2, 0.25) is 0 Å². The van der Waals surface area contributed by atoms with Crippen LogP contribution in [0.5, 0.6) is 5.88 Å². The van der Waals surface area contributed by atoms with Gasteiger partial charge >= 0.3 is 0 Å². The molecule has 1 aromatic heterocycles. The van der Waals surface area contributed by atoms with Crippen molar-refractivity contribution in [2.24, 2.45) is 15.4 Å². The SMILES string of the molecule is CN(C)S(=O)(=O)Cc1ccc2[nH]c(O)c(/C=c3/ccc4c(c3)N=NN=4)c2c1. The van der Waals surface area contributed by atoms with E-state index >= 15 is 0 Å². The van der Waals surface area contributed by atoms with Gasteiger partial charge in [0.25, 0.3) is 0 Å². The third-order valence-electron chi connectivity index (χ3n) is 4.40. The predicted octanol–water partition coefficient (Wildman–Crippen LogP) is 1.73. The summed E-state index contributed by atoms with van der Waals surface area (Å²) in [5, 5.41) is 24.1. The first-order valence-electron chi connectivity index (χ1n) is 8.18. The molecule has 0 amide bonds. The summed E-state index contributed by atoms with van der Waals surface area (Å²) in [5.74, 6) is -0.0911. The maximum Gasteiger partial charge on any atom is 0.217 e. The lowest BCUT2D eigenvalue weighted by molar-refractivity contribution is 0.457. The van der Waals surface area contributed by atoms with Gasteiger partial charge in [0.2, 0.25) is 10.0 Å². The molecule has 9 heteroatoms. The Morgan fingerprint density at radius 3 is 2.78 bits per heavy atom. The average Bonchev–Trinajstić information content (AvgIpc) is 3.19. The summed E-state index contributed by atoms with van der Waals surface area (Å²) in [5.41, 5.74) is 2.62. The Morgan fingerprint density at radius 1 is 1.19 bits per heavy atom. The molecule has 0 unspecified atom stereocenters. The van der Waals surface area contributed by atoms with Crippen LogP contribution in [-0.2, 0) is 15.8 Å². The summed E-state index contributed by atoms with van der Waals surface area (Å²) < 4.78 is 25.5. The lowest BCUT2D eigenvalue weighted by Crippen LogP contribution is -2.23. The van der Waals surface area contributed by atoms with Crippen molar-refractivity contribution in [1.29, 1.82) is 0 Å². The van der Waals surface area contributed by atoms with Gasteiger partial charge in [-0.1, -0.05) is 12.1 Å². The Hall–Kier alpha value is -3.04. The van der Waals surface area contributed by atoms with Gasteiger partial charge in [-0.25, -0.2) is 12.7 Å². The zero-order valence-electron chi connectivity index (χ0n) is 14.7. The monoisotopic (exact) mass is 383 g/mol. The molecule has 2 N–H and O–H groups in total. The lowest BCUT2D eigenvalue weighted by Gasteiger charge is -2.11. The largest absolute Gasteiger partial charge is 0.494 e. The third-order valence-corrected chi connectivity index (χ3v) is 6.21. The topological polar surface area (TPSA) is 110 Å². The summed E-state index contributed by atoms with van der Waals surface area (Å²) in [6.07, 6.45) is 1.81. The number of H-pyrrole nitrogens is 1. The first-order valence-corrected chi connectivity index (χ1v) is 9.79. The summed E-state index contributed by atoms with van der Waals surface area (Å²) in [6, 6.07) is 10.8. The van der Waals surface area contributed by atoms with Crippen LogP contribution in [0.3, 0.4) is 0 Å². The molecule has 0 aliphatic carbocycles. The second-order valence-corrected chi connectivity index (χ2v) is 8.67. The number of fused-ring (bicyclic) bond motifs is 2. The van der Waals surface area contributed by atoms with Crippen LogP contribution < -0.4 is 10.6 Å². The van der Waals surface area contributed by atoms with Gasteiger partial charge in [0, 0.05) is 30.6 Å². The molecule has 8 nitrogen and oxygen atoms in total. The van der Waals surface area contributed by atoms with Gasteiger partial charge in [0.1, 0.15) is 11.0 Å². The first kappa shape index (κ1) is 17.4. The van der Waals surface area contributed by atoms with Gasteiger partial charge in [0.05, 0.1) is 5.75 Å². The van der Waals surface area contributed by atoms with Crippen molar-refractivity contribution in [2.45, 2.75) is 5.75 Å². The maximum atomic E-state index is 12.2. The maximum absolute atomic E-state index is 12.2. The Morgan fingerprint density at radius 2 is 2.00 bits per heavy atom. The van der Waals surface area contributed by atoms with E-state index in [1.54, 1.807) is 18.2 Å². The number of rotatable bonds is 4. The molecule has 0 atom stereocenters. The minimum atomic E-state index is -3.37. The van der Waals surface area contributed by atoms with Gasteiger partial charge in [-0.3, -0.25) is 0 Å². The molecule has 0 saturated carbocycles. The van der Waals surface area contributed by atoms with E-state index in [2.05, 4.69) is 20.4 Å². The van der Waals surface area contributed by atoms with Crippen molar-refractivity contribution in [1.82, 2.24) is 9.29 Å².